The van der Waals surface area contributed by atoms with Crippen molar-refractivity contribution in [1.29, 1.82) is 0 Å². The molecular weight excluding hydrogens is 248 g/mol. The Bertz CT molecular complexity index is 373. The summed E-state index contributed by atoms with van der Waals surface area (Å²) in [7, 11) is 0. The van der Waals surface area contributed by atoms with Gasteiger partial charge < -0.3 is 0 Å². The Balaban J connectivity index is 1.72. The minimum absolute atomic E-state index is 0.0452. The van der Waals surface area contributed by atoms with Gasteiger partial charge in [0.05, 0.1) is 5.75 Å². The molecule has 2 amide bonds. The van der Waals surface area contributed by atoms with Crippen LogP contribution >= 0.6 is 11.8 Å². The predicted octanol–water partition coefficient (Wildman–Crippen LogP) is 1.91. The summed E-state index contributed by atoms with van der Waals surface area (Å²) in [4.78, 5) is 23.7. The molecule has 18 heavy (non-hydrogen) atoms. The van der Waals surface area contributed by atoms with Crippen molar-refractivity contribution >= 4 is 23.6 Å². The zero-order valence-electron chi connectivity index (χ0n) is 10.8. The van der Waals surface area contributed by atoms with E-state index in [1.54, 1.807) is 16.8 Å². The lowest BCUT2D eigenvalue weighted by atomic mass is 9.86. The van der Waals surface area contributed by atoms with Crippen LogP contribution in [0, 0.1) is 11.8 Å². The molecule has 100 valence electrons. The molecule has 1 aliphatic heterocycles. The molecule has 0 atom stereocenters. The number of amides is 2. The van der Waals surface area contributed by atoms with Gasteiger partial charge in [0.1, 0.15) is 4.87 Å². The Labute approximate surface area is 112 Å². The lowest BCUT2D eigenvalue weighted by Crippen LogP contribution is -2.56. The molecule has 0 bridgehead atoms. The lowest BCUT2D eigenvalue weighted by molar-refractivity contribution is -0.144. The fraction of sp³-hybridized carbons (Fsp3) is 0.846. The van der Waals surface area contributed by atoms with Crippen LogP contribution in [0.4, 0.5) is 0 Å². The van der Waals surface area contributed by atoms with Crippen molar-refractivity contribution in [2.45, 2.75) is 50.3 Å². The number of hydrogen-bond acceptors (Lipinski definition) is 3. The highest BCUT2D eigenvalue weighted by Gasteiger charge is 2.49. The van der Waals surface area contributed by atoms with Gasteiger partial charge in [-0.05, 0) is 44.4 Å². The standard InChI is InChI=1S/C13H20N2O2S/c1-9-4-6-13(7-5-9)15(11(16)8-18-13)14-12(17)10-2-3-10/h9-10H,2-8H2,1H3,(H,14,17). The first-order valence-corrected chi connectivity index (χ1v) is 7.87. The van der Waals surface area contributed by atoms with Gasteiger partial charge in [0.25, 0.3) is 5.91 Å². The molecule has 2 aliphatic carbocycles. The van der Waals surface area contributed by atoms with E-state index in [2.05, 4.69) is 12.3 Å². The van der Waals surface area contributed by atoms with Crippen molar-refractivity contribution in [3.63, 3.8) is 0 Å². The average molecular weight is 268 g/mol. The summed E-state index contributed by atoms with van der Waals surface area (Å²) in [6.07, 6.45) is 6.27. The van der Waals surface area contributed by atoms with E-state index in [1.165, 1.54) is 0 Å². The quantitative estimate of drug-likeness (QED) is 0.832. The van der Waals surface area contributed by atoms with Crippen LogP contribution in [-0.2, 0) is 9.59 Å². The summed E-state index contributed by atoms with van der Waals surface area (Å²) in [6.45, 7) is 2.27. The van der Waals surface area contributed by atoms with E-state index in [-0.39, 0.29) is 22.6 Å². The largest absolute Gasteiger partial charge is 0.273 e. The van der Waals surface area contributed by atoms with Gasteiger partial charge >= 0.3 is 0 Å². The Kier molecular flexibility index (Phi) is 3.04. The van der Waals surface area contributed by atoms with Crippen molar-refractivity contribution in [3.05, 3.63) is 0 Å². The summed E-state index contributed by atoms with van der Waals surface area (Å²) in [5.41, 5.74) is 2.89. The Morgan fingerprint density at radius 3 is 2.61 bits per heavy atom. The number of rotatable bonds is 2. The number of nitrogens with zero attached hydrogens (tertiary/aromatic N) is 1. The van der Waals surface area contributed by atoms with Gasteiger partial charge in [-0.2, -0.15) is 0 Å². The Morgan fingerprint density at radius 1 is 1.33 bits per heavy atom. The van der Waals surface area contributed by atoms with Gasteiger partial charge in [0.2, 0.25) is 5.91 Å². The SMILES string of the molecule is CC1CCC2(CC1)SCC(=O)N2NC(=O)C1CC1. The van der Waals surface area contributed by atoms with E-state index < -0.39 is 0 Å². The molecule has 3 rings (SSSR count). The van der Waals surface area contributed by atoms with Crippen LogP contribution < -0.4 is 5.43 Å². The predicted molar refractivity (Wildman–Crippen MR) is 70.5 cm³/mol. The number of hydrazine groups is 1. The minimum Gasteiger partial charge on any atom is -0.273 e. The molecule has 0 radical (unpaired) electrons. The normalized spacial score (nSPS) is 36.2. The second-order valence-corrected chi connectivity index (χ2v) is 7.23. The van der Waals surface area contributed by atoms with E-state index in [9.17, 15) is 9.59 Å². The Morgan fingerprint density at radius 2 is 2.00 bits per heavy atom. The molecule has 4 nitrogen and oxygen atoms in total. The zero-order valence-corrected chi connectivity index (χ0v) is 11.6. The fourth-order valence-electron chi connectivity index (χ4n) is 2.84. The molecule has 0 aromatic heterocycles. The molecule has 1 heterocycles. The topological polar surface area (TPSA) is 49.4 Å². The smallest absolute Gasteiger partial charge is 0.252 e. The Hall–Kier alpha value is -0.710. The second-order valence-electron chi connectivity index (χ2n) is 5.90. The van der Waals surface area contributed by atoms with E-state index in [1.807, 2.05) is 0 Å². The summed E-state index contributed by atoms with van der Waals surface area (Å²) in [5.74, 6) is 1.53. The van der Waals surface area contributed by atoms with Crippen LogP contribution in [0.25, 0.3) is 0 Å². The van der Waals surface area contributed by atoms with Crippen LogP contribution in [0.5, 0.6) is 0 Å². The van der Waals surface area contributed by atoms with Gasteiger partial charge in [-0.15, -0.1) is 11.8 Å². The third-order valence-corrected chi connectivity index (χ3v) is 5.87. The van der Waals surface area contributed by atoms with Crippen LogP contribution in [0.3, 0.4) is 0 Å². The molecule has 0 unspecified atom stereocenters. The van der Waals surface area contributed by atoms with Crippen molar-refractivity contribution < 1.29 is 9.59 Å². The van der Waals surface area contributed by atoms with E-state index in [4.69, 9.17) is 0 Å². The van der Waals surface area contributed by atoms with Crippen LogP contribution in [0.15, 0.2) is 0 Å². The maximum Gasteiger partial charge on any atom is 0.252 e. The summed E-state index contributed by atoms with van der Waals surface area (Å²) >= 11 is 1.72. The number of carbonyl (C=O) groups excluding carboxylic acids is 2. The first kappa shape index (κ1) is 12.3. The van der Waals surface area contributed by atoms with Gasteiger partial charge in [0.15, 0.2) is 0 Å². The van der Waals surface area contributed by atoms with Crippen LogP contribution in [0.1, 0.15) is 45.4 Å². The summed E-state index contributed by atoms with van der Waals surface area (Å²) in [5, 5.41) is 1.67. The molecule has 1 spiro atoms. The van der Waals surface area contributed by atoms with Gasteiger partial charge in [0, 0.05) is 5.92 Å². The number of nitrogens with one attached hydrogen (secondary N) is 1. The third kappa shape index (κ3) is 2.13. The fourth-order valence-corrected chi connectivity index (χ4v) is 4.17. The van der Waals surface area contributed by atoms with Crippen LogP contribution in [0.2, 0.25) is 0 Å². The van der Waals surface area contributed by atoms with Crippen molar-refractivity contribution in [1.82, 2.24) is 10.4 Å². The van der Waals surface area contributed by atoms with Gasteiger partial charge in [-0.25, -0.2) is 5.01 Å². The number of hydrogen-bond donors (Lipinski definition) is 1. The molecule has 1 N–H and O–H groups in total. The summed E-state index contributed by atoms with van der Waals surface area (Å²) in [6, 6.07) is 0. The maximum absolute atomic E-state index is 12.0. The van der Waals surface area contributed by atoms with Crippen molar-refractivity contribution in [2.24, 2.45) is 11.8 Å². The van der Waals surface area contributed by atoms with Gasteiger partial charge in [-0.1, -0.05) is 6.92 Å². The van der Waals surface area contributed by atoms with Gasteiger partial charge in [-0.3, -0.25) is 15.0 Å². The number of thioether (sulfide) groups is 1. The van der Waals surface area contributed by atoms with Crippen molar-refractivity contribution in [2.75, 3.05) is 5.75 Å². The first-order valence-electron chi connectivity index (χ1n) is 6.88. The zero-order chi connectivity index (χ0) is 12.8. The molecule has 1 saturated heterocycles. The first-order chi connectivity index (χ1) is 8.61. The monoisotopic (exact) mass is 268 g/mol. The van der Waals surface area contributed by atoms with E-state index in [0.717, 1.165) is 44.4 Å². The molecule has 3 aliphatic rings. The van der Waals surface area contributed by atoms with E-state index >= 15 is 0 Å². The second kappa shape index (κ2) is 4.44. The summed E-state index contributed by atoms with van der Waals surface area (Å²) < 4.78 is 0. The molecule has 0 aromatic rings. The maximum atomic E-state index is 12.0. The highest BCUT2D eigenvalue weighted by Crippen LogP contribution is 2.47. The number of carbonyl (C=O) groups is 2. The highest BCUT2D eigenvalue weighted by atomic mass is 32.2. The molecule has 3 fully saturated rings. The van der Waals surface area contributed by atoms with E-state index in [0.29, 0.717) is 5.75 Å². The molecule has 5 heteroatoms. The van der Waals surface area contributed by atoms with Crippen LogP contribution in [-0.4, -0.2) is 27.4 Å². The minimum atomic E-state index is -0.145. The average Bonchev–Trinajstić information content (AvgIpc) is 3.16. The third-order valence-electron chi connectivity index (χ3n) is 4.35. The highest BCUT2D eigenvalue weighted by molar-refractivity contribution is 8.01. The molecule has 2 saturated carbocycles. The molecule has 0 aromatic carbocycles. The lowest BCUT2D eigenvalue weighted by Gasteiger charge is -2.41. The molecular formula is C13H20N2O2S. The van der Waals surface area contributed by atoms with Crippen molar-refractivity contribution in [3.8, 4) is 0 Å².